The van der Waals surface area contributed by atoms with Crippen LogP contribution in [0.2, 0.25) is 0 Å². The van der Waals surface area contributed by atoms with E-state index in [-0.39, 0.29) is 0 Å². The molecule has 2 aromatic carbocycles. The van der Waals surface area contributed by atoms with Crippen molar-refractivity contribution >= 4 is 34.9 Å². The van der Waals surface area contributed by atoms with Gasteiger partial charge in [-0.3, -0.25) is 0 Å². The Bertz CT molecular complexity index is 682. The highest BCUT2D eigenvalue weighted by atomic mass is 32.2. The van der Waals surface area contributed by atoms with Gasteiger partial charge in [-0.2, -0.15) is 0 Å². The van der Waals surface area contributed by atoms with Crippen molar-refractivity contribution < 1.29 is 0 Å². The number of rotatable bonds is 1. The Hall–Kier alpha value is -1.52. The van der Waals surface area contributed by atoms with E-state index in [1.54, 1.807) is 0 Å². The van der Waals surface area contributed by atoms with E-state index in [4.69, 9.17) is 0 Å². The Kier molecular flexibility index (Phi) is 3.13. The van der Waals surface area contributed by atoms with E-state index in [9.17, 15) is 0 Å². The van der Waals surface area contributed by atoms with Crippen molar-refractivity contribution in [1.29, 1.82) is 0 Å². The van der Waals surface area contributed by atoms with E-state index >= 15 is 0 Å². The van der Waals surface area contributed by atoms with E-state index in [2.05, 4.69) is 65.4 Å². The number of hydrogen-bond acceptors (Lipinski definition) is 4. The number of benzene rings is 2. The molecule has 0 aliphatic carbocycles. The third kappa shape index (κ3) is 2.19. The summed E-state index contributed by atoms with van der Waals surface area (Å²) in [5.41, 5.74) is 2.44. The van der Waals surface area contributed by atoms with Crippen LogP contribution in [0.15, 0.2) is 69.4 Å². The molecule has 0 aromatic heterocycles. The summed E-state index contributed by atoms with van der Waals surface area (Å²) in [6, 6.07) is 17.3. The zero-order valence-electron chi connectivity index (χ0n) is 10.8. The molecule has 0 saturated heterocycles. The van der Waals surface area contributed by atoms with Crippen molar-refractivity contribution in [3.05, 3.63) is 59.6 Å². The van der Waals surface area contributed by atoms with Crippen LogP contribution in [0.25, 0.3) is 0 Å². The zero-order valence-corrected chi connectivity index (χ0v) is 12.4. The highest BCUT2D eigenvalue weighted by molar-refractivity contribution is 8.03. The monoisotopic (exact) mass is 298 g/mol. The number of fused-ring (bicyclic) bond motifs is 2. The quantitative estimate of drug-likeness (QED) is 0.801. The fourth-order valence-corrected chi connectivity index (χ4v) is 4.63. The molecular formula is C16H14N2S2. The van der Waals surface area contributed by atoms with Gasteiger partial charge in [-0.1, -0.05) is 36.0 Å². The molecule has 2 nitrogen and oxygen atoms in total. The minimum Gasteiger partial charge on any atom is -0.376 e. The van der Waals surface area contributed by atoms with Crippen molar-refractivity contribution in [1.82, 2.24) is 0 Å². The Morgan fingerprint density at radius 2 is 1.65 bits per heavy atom. The normalized spacial score (nSPS) is 20.0. The summed E-state index contributed by atoms with van der Waals surface area (Å²) < 4.78 is 0. The van der Waals surface area contributed by atoms with Crippen molar-refractivity contribution in [2.45, 2.75) is 15.8 Å². The van der Waals surface area contributed by atoms with Gasteiger partial charge in [0.1, 0.15) is 0 Å². The van der Waals surface area contributed by atoms with Crippen molar-refractivity contribution in [2.75, 3.05) is 16.4 Å². The highest BCUT2D eigenvalue weighted by Crippen LogP contribution is 2.42. The fourth-order valence-electron chi connectivity index (χ4n) is 2.42. The first-order valence-electron chi connectivity index (χ1n) is 6.62. The van der Waals surface area contributed by atoms with Gasteiger partial charge in [0.2, 0.25) is 0 Å². The molecule has 0 spiro atoms. The second-order valence-corrected chi connectivity index (χ2v) is 6.97. The smallest absolute Gasteiger partial charge is 0.0685 e. The number of para-hydroxylation sites is 2. The van der Waals surface area contributed by atoms with Crippen molar-refractivity contribution in [3.8, 4) is 0 Å². The average Bonchev–Trinajstić information content (AvgIpc) is 2.54. The van der Waals surface area contributed by atoms with Gasteiger partial charge >= 0.3 is 0 Å². The lowest BCUT2D eigenvalue weighted by Crippen LogP contribution is -2.28. The van der Waals surface area contributed by atoms with Gasteiger partial charge in [0.15, 0.2) is 0 Å². The van der Waals surface area contributed by atoms with Crippen LogP contribution in [0.4, 0.5) is 11.4 Å². The standard InChI is InChI=1S/C16H14N2S2/c1-4-8-15-11(5-1)17-9-16(20-15)13-10-19-14-7-3-2-6-12(14)18-13/h1-9,13,17-18H,10H2. The van der Waals surface area contributed by atoms with E-state index < -0.39 is 0 Å². The van der Waals surface area contributed by atoms with Crippen LogP contribution >= 0.6 is 23.5 Å². The maximum Gasteiger partial charge on any atom is 0.0685 e. The molecule has 2 aliphatic heterocycles. The SMILES string of the molecule is C1=C(C2CSc3ccccc3N2)Sc2ccccc2N1. The van der Waals surface area contributed by atoms with E-state index in [1.165, 1.54) is 26.1 Å². The van der Waals surface area contributed by atoms with E-state index in [1.807, 2.05) is 23.5 Å². The third-order valence-corrected chi connectivity index (χ3v) is 5.83. The molecular weight excluding hydrogens is 284 g/mol. The molecule has 0 bridgehead atoms. The van der Waals surface area contributed by atoms with Crippen LogP contribution in [-0.4, -0.2) is 11.8 Å². The van der Waals surface area contributed by atoms with Crippen LogP contribution in [0.1, 0.15) is 0 Å². The molecule has 20 heavy (non-hydrogen) atoms. The summed E-state index contributed by atoms with van der Waals surface area (Å²) >= 11 is 3.79. The summed E-state index contributed by atoms with van der Waals surface area (Å²) in [5.74, 6) is 1.07. The predicted octanol–water partition coefficient (Wildman–Crippen LogP) is 4.63. The van der Waals surface area contributed by atoms with Crippen LogP contribution in [0, 0.1) is 0 Å². The van der Waals surface area contributed by atoms with Gasteiger partial charge in [-0.25, -0.2) is 0 Å². The lowest BCUT2D eigenvalue weighted by Gasteiger charge is -2.30. The maximum absolute atomic E-state index is 3.65. The highest BCUT2D eigenvalue weighted by Gasteiger charge is 2.24. The molecule has 0 radical (unpaired) electrons. The molecule has 2 N–H and O–H groups in total. The molecule has 1 unspecified atom stereocenters. The lowest BCUT2D eigenvalue weighted by atomic mass is 10.2. The molecule has 4 rings (SSSR count). The first kappa shape index (κ1) is 12.2. The molecule has 1 atom stereocenters. The Balaban J connectivity index is 1.57. The number of anilines is 2. The van der Waals surface area contributed by atoms with Crippen LogP contribution in [0.3, 0.4) is 0 Å². The summed E-state index contributed by atoms with van der Waals surface area (Å²) in [7, 11) is 0. The Morgan fingerprint density at radius 3 is 2.55 bits per heavy atom. The van der Waals surface area contributed by atoms with Crippen molar-refractivity contribution in [3.63, 3.8) is 0 Å². The number of hydrogen-bond donors (Lipinski definition) is 2. The minimum atomic E-state index is 0.376. The molecule has 100 valence electrons. The van der Waals surface area contributed by atoms with Crippen molar-refractivity contribution in [2.24, 2.45) is 0 Å². The van der Waals surface area contributed by atoms with E-state index in [0.29, 0.717) is 6.04 Å². The third-order valence-electron chi connectivity index (χ3n) is 3.45. The zero-order chi connectivity index (χ0) is 13.4. The summed E-state index contributed by atoms with van der Waals surface area (Å²) in [6.07, 6.45) is 2.14. The Morgan fingerprint density at radius 1 is 0.900 bits per heavy atom. The van der Waals surface area contributed by atoms with Gasteiger partial charge in [0, 0.05) is 32.3 Å². The summed E-state index contributed by atoms with van der Waals surface area (Å²) in [6.45, 7) is 0. The molecule has 0 fully saturated rings. The first-order valence-corrected chi connectivity index (χ1v) is 8.42. The van der Waals surface area contributed by atoms with Gasteiger partial charge in [0.25, 0.3) is 0 Å². The van der Waals surface area contributed by atoms with Gasteiger partial charge < -0.3 is 10.6 Å². The second-order valence-electron chi connectivity index (χ2n) is 4.79. The lowest BCUT2D eigenvalue weighted by molar-refractivity contribution is 0.966. The predicted molar refractivity (Wildman–Crippen MR) is 88.6 cm³/mol. The van der Waals surface area contributed by atoms with Crippen LogP contribution in [0.5, 0.6) is 0 Å². The van der Waals surface area contributed by atoms with Crippen LogP contribution < -0.4 is 10.6 Å². The summed E-state index contributed by atoms with van der Waals surface area (Å²) in [5, 5.41) is 7.05. The van der Waals surface area contributed by atoms with Crippen LogP contribution in [-0.2, 0) is 0 Å². The number of nitrogens with one attached hydrogen (secondary N) is 2. The van der Waals surface area contributed by atoms with Gasteiger partial charge in [-0.05, 0) is 24.3 Å². The van der Waals surface area contributed by atoms with Gasteiger partial charge in [-0.15, -0.1) is 11.8 Å². The summed E-state index contributed by atoms with van der Waals surface area (Å²) in [4.78, 5) is 4.00. The Labute approximate surface area is 127 Å². The minimum absolute atomic E-state index is 0.376. The molecule has 2 heterocycles. The maximum atomic E-state index is 3.65. The number of thioether (sulfide) groups is 2. The molecule has 2 aliphatic rings. The topological polar surface area (TPSA) is 24.1 Å². The average molecular weight is 298 g/mol. The molecule has 0 amide bonds. The van der Waals surface area contributed by atoms with E-state index in [0.717, 1.165) is 5.75 Å². The molecule has 2 aromatic rings. The largest absolute Gasteiger partial charge is 0.376 e. The first-order chi connectivity index (χ1) is 9.90. The second kappa shape index (κ2) is 5.11. The fraction of sp³-hybridized carbons (Fsp3) is 0.125. The van der Waals surface area contributed by atoms with Gasteiger partial charge in [0.05, 0.1) is 11.7 Å². The molecule has 4 heteroatoms. The molecule has 0 saturated carbocycles.